The van der Waals surface area contributed by atoms with Gasteiger partial charge in [0.1, 0.15) is 0 Å². The van der Waals surface area contributed by atoms with Gasteiger partial charge in [0.25, 0.3) is 0 Å². The summed E-state index contributed by atoms with van der Waals surface area (Å²) in [4.78, 5) is 0. The van der Waals surface area contributed by atoms with E-state index in [1.807, 2.05) is 0 Å². The molecule has 1 nitrogen and oxygen atoms in total. The van der Waals surface area contributed by atoms with Crippen LogP contribution in [0.2, 0.25) is 0 Å². The van der Waals surface area contributed by atoms with Gasteiger partial charge >= 0.3 is 0 Å². The van der Waals surface area contributed by atoms with E-state index in [2.05, 4.69) is 32.3 Å². The van der Waals surface area contributed by atoms with Crippen LogP contribution in [0.4, 0.5) is 0 Å². The summed E-state index contributed by atoms with van der Waals surface area (Å²) in [5.74, 6) is 3.13. The zero-order valence-electron chi connectivity index (χ0n) is 9.01. The van der Waals surface area contributed by atoms with Crippen molar-refractivity contribution in [1.82, 2.24) is 5.32 Å². The van der Waals surface area contributed by atoms with Crippen LogP contribution in [0.25, 0.3) is 0 Å². The van der Waals surface area contributed by atoms with Crippen LogP contribution in [0.15, 0.2) is 11.6 Å². The molecule has 0 radical (unpaired) electrons. The lowest BCUT2D eigenvalue weighted by atomic mass is 9.93. The standard InChI is InChI=1S/C12H21N/c1-8(2)4-12(13-3)11-6-9-5-10(9)7-11/h4,9-13H,5-7H2,1-3H3. The van der Waals surface area contributed by atoms with Gasteiger partial charge in [-0.05, 0) is 57.9 Å². The summed E-state index contributed by atoms with van der Waals surface area (Å²) in [5, 5.41) is 3.44. The first-order chi connectivity index (χ1) is 6.20. The molecule has 2 aliphatic carbocycles. The van der Waals surface area contributed by atoms with E-state index in [9.17, 15) is 0 Å². The summed E-state index contributed by atoms with van der Waals surface area (Å²) in [5.41, 5.74) is 1.44. The van der Waals surface area contributed by atoms with Gasteiger partial charge in [-0.15, -0.1) is 0 Å². The van der Waals surface area contributed by atoms with Crippen molar-refractivity contribution in [3.8, 4) is 0 Å². The van der Waals surface area contributed by atoms with E-state index in [0.29, 0.717) is 6.04 Å². The maximum Gasteiger partial charge on any atom is 0.0278 e. The first-order valence-corrected chi connectivity index (χ1v) is 5.53. The van der Waals surface area contributed by atoms with Crippen LogP contribution in [-0.4, -0.2) is 13.1 Å². The lowest BCUT2D eigenvalue weighted by Crippen LogP contribution is -2.31. The average molecular weight is 179 g/mol. The van der Waals surface area contributed by atoms with Gasteiger partial charge in [-0.2, -0.15) is 0 Å². The van der Waals surface area contributed by atoms with Gasteiger partial charge in [0, 0.05) is 6.04 Å². The van der Waals surface area contributed by atoms with Crippen LogP contribution in [0.5, 0.6) is 0 Å². The quantitative estimate of drug-likeness (QED) is 0.657. The summed E-state index contributed by atoms with van der Waals surface area (Å²) < 4.78 is 0. The van der Waals surface area contributed by atoms with E-state index >= 15 is 0 Å². The Bertz CT molecular complexity index is 205. The number of likely N-dealkylation sites (N-methyl/N-ethyl adjacent to an activating group) is 1. The van der Waals surface area contributed by atoms with Crippen molar-refractivity contribution < 1.29 is 0 Å². The second kappa shape index (κ2) is 3.45. The zero-order chi connectivity index (χ0) is 9.42. The number of hydrogen-bond acceptors (Lipinski definition) is 1. The second-order valence-electron chi connectivity index (χ2n) is 5.05. The van der Waals surface area contributed by atoms with Crippen LogP contribution >= 0.6 is 0 Å². The lowest BCUT2D eigenvalue weighted by Gasteiger charge is -2.21. The number of fused-ring (bicyclic) bond motifs is 1. The fourth-order valence-electron chi connectivity index (χ4n) is 2.87. The molecule has 0 amide bonds. The van der Waals surface area contributed by atoms with Crippen LogP contribution in [0, 0.1) is 17.8 Å². The van der Waals surface area contributed by atoms with E-state index in [-0.39, 0.29) is 0 Å². The number of rotatable bonds is 3. The predicted molar refractivity (Wildman–Crippen MR) is 56.6 cm³/mol. The molecule has 1 heteroatoms. The average Bonchev–Trinajstić information content (AvgIpc) is 2.69. The van der Waals surface area contributed by atoms with E-state index in [0.717, 1.165) is 17.8 Å². The first kappa shape index (κ1) is 9.26. The second-order valence-corrected chi connectivity index (χ2v) is 5.05. The summed E-state index contributed by atoms with van der Waals surface area (Å²) in [6.07, 6.45) is 6.87. The molecule has 2 saturated carbocycles. The van der Waals surface area contributed by atoms with Gasteiger partial charge < -0.3 is 5.32 Å². The van der Waals surface area contributed by atoms with Crippen LogP contribution in [0.3, 0.4) is 0 Å². The van der Waals surface area contributed by atoms with Gasteiger partial charge in [0.05, 0.1) is 0 Å². The van der Waals surface area contributed by atoms with Crippen molar-refractivity contribution in [3.05, 3.63) is 11.6 Å². The summed E-state index contributed by atoms with van der Waals surface area (Å²) in [7, 11) is 2.09. The van der Waals surface area contributed by atoms with Crippen molar-refractivity contribution in [2.24, 2.45) is 17.8 Å². The smallest absolute Gasteiger partial charge is 0.0278 e. The molecule has 0 aliphatic heterocycles. The Balaban J connectivity index is 1.93. The SMILES string of the molecule is CNC(C=C(C)C)C1CC2CC2C1. The van der Waals surface area contributed by atoms with Crippen molar-refractivity contribution >= 4 is 0 Å². The molecule has 3 unspecified atom stereocenters. The minimum atomic E-state index is 0.637. The molecule has 1 N–H and O–H groups in total. The molecular formula is C12H21N. The molecule has 0 saturated heterocycles. The molecule has 0 aromatic heterocycles. The maximum atomic E-state index is 3.44. The third-order valence-corrected chi connectivity index (χ3v) is 3.63. The molecule has 0 aromatic rings. The number of hydrogen-bond donors (Lipinski definition) is 1. The third kappa shape index (κ3) is 1.96. The Kier molecular flexibility index (Phi) is 2.46. The van der Waals surface area contributed by atoms with E-state index in [4.69, 9.17) is 0 Å². The van der Waals surface area contributed by atoms with Crippen LogP contribution in [0.1, 0.15) is 33.1 Å². The molecule has 0 heterocycles. The van der Waals surface area contributed by atoms with Gasteiger partial charge in [0.2, 0.25) is 0 Å². The van der Waals surface area contributed by atoms with Gasteiger partial charge in [0.15, 0.2) is 0 Å². The Labute approximate surface area is 81.6 Å². The fourth-order valence-corrected chi connectivity index (χ4v) is 2.87. The van der Waals surface area contributed by atoms with Crippen molar-refractivity contribution in [2.75, 3.05) is 7.05 Å². The summed E-state index contributed by atoms with van der Waals surface area (Å²) in [6.45, 7) is 4.39. The Morgan fingerprint density at radius 3 is 2.31 bits per heavy atom. The van der Waals surface area contributed by atoms with Gasteiger partial charge in [-0.1, -0.05) is 11.6 Å². The van der Waals surface area contributed by atoms with E-state index in [1.165, 1.54) is 24.8 Å². The van der Waals surface area contributed by atoms with E-state index < -0.39 is 0 Å². The molecular weight excluding hydrogens is 158 g/mol. The molecule has 74 valence electrons. The van der Waals surface area contributed by atoms with Crippen LogP contribution in [-0.2, 0) is 0 Å². The zero-order valence-corrected chi connectivity index (χ0v) is 9.01. The Morgan fingerprint density at radius 2 is 1.85 bits per heavy atom. The molecule has 0 bridgehead atoms. The molecule has 13 heavy (non-hydrogen) atoms. The summed E-state index contributed by atoms with van der Waals surface area (Å²) in [6, 6.07) is 0.637. The Hall–Kier alpha value is -0.300. The monoisotopic (exact) mass is 179 g/mol. The highest BCUT2D eigenvalue weighted by Crippen LogP contribution is 2.55. The fraction of sp³-hybridized carbons (Fsp3) is 0.833. The lowest BCUT2D eigenvalue weighted by molar-refractivity contribution is 0.400. The summed E-state index contributed by atoms with van der Waals surface area (Å²) >= 11 is 0. The maximum absolute atomic E-state index is 3.44. The Morgan fingerprint density at radius 1 is 1.23 bits per heavy atom. The van der Waals surface area contributed by atoms with Gasteiger partial charge in [-0.3, -0.25) is 0 Å². The molecule has 0 spiro atoms. The highest BCUT2D eigenvalue weighted by atomic mass is 14.9. The van der Waals surface area contributed by atoms with Crippen LogP contribution < -0.4 is 5.32 Å². The first-order valence-electron chi connectivity index (χ1n) is 5.53. The molecule has 2 aliphatic rings. The van der Waals surface area contributed by atoms with E-state index in [1.54, 1.807) is 0 Å². The molecule has 2 rings (SSSR count). The topological polar surface area (TPSA) is 12.0 Å². The molecule has 2 fully saturated rings. The minimum absolute atomic E-state index is 0.637. The largest absolute Gasteiger partial charge is 0.313 e. The van der Waals surface area contributed by atoms with Crippen molar-refractivity contribution in [1.29, 1.82) is 0 Å². The highest BCUT2D eigenvalue weighted by Gasteiger charge is 2.47. The molecule has 3 atom stereocenters. The predicted octanol–water partition coefficient (Wildman–Crippen LogP) is 2.59. The van der Waals surface area contributed by atoms with Gasteiger partial charge in [-0.25, -0.2) is 0 Å². The van der Waals surface area contributed by atoms with Crippen molar-refractivity contribution in [3.63, 3.8) is 0 Å². The highest BCUT2D eigenvalue weighted by molar-refractivity contribution is 5.08. The number of allylic oxidation sites excluding steroid dienone is 1. The van der Waals surface area contributed by atoms with Crippen molar-refractivity contribution in [2.45, 2.75) is 39.2 Å². The number of nitrogens with one attached hydrogen (secondary N) is 1. The molecule has 0 aromatic carbocycles. The minimum Gasteiger partial charge on any atom is -0.313 e. The normalized spacial score (nSPS) is 38.2. The third-order valence-electron chi connectivity index (χ3n) is 3.63.